The molecule has 0 saturated heterocycles. The number of benzene rings is 9. The molecule has 84 heavy (non-hydrogen) atoms. The number of carboxylic acids is 2. The first-order valence-corrected chi connectivity index (χ1v) is 30.9. The highest BCUT2D eigenvalue weighted by Gasteiger charge is 2.29. The van der Waals surface area contributed by atoms with E-state index in [-0.39, 0.29) is 92.9 Å². The topological polar surface area (TPSA) is 354 Å². The van der Waals surface area contributed by atoms with Gasteiger partial charge in [0.25, 0.3) is 40.3 Å². The number of aryl methyl sites for hydroxylation is 4. The van der Waals surface area contributed by atoms with Gasteiger partial charge in [0.2, 0.25) is 0 Å². The third-order valence-electron chi connectivity index (χ3n) is 14.4. The molecule has 1 aliphatic heterocycles. The van der Waals surface area contributed by atoms with E-state index in [9.17, 15) is 72.8 Å². The summed E-state index contributed by atoms with van der Waals surface area (Å²) in [7, 11) is -19.0. The van der Waals surface area contributed by atoms with Crippen molar-refractivity contribution in [3.8, 4) is 33.9 Å². The second-order valence-electron chi connectivity index (χ2n) is 19.9. The van der Waals surface area contributed by atoms with Crippen molar-refractivity contribution in [2.45, 2.75) is 61.1 Å². The zero-order valence-corrected chi connectivity index (χ0v) is 48.1. The molecular weight excluding hydrogens is 1160 g/mol. The van der Waals surface area contributed by atoms with Crippen LogP contribution < -0.4 is 20.1 Å². The molecule has 25 heteroatoms. The Hall–Kier alpha value is -9.37. The number of phenols is 2. The van der Waals surface area contributed by atoms with E-state index < -0.39 is 84.4 Å². The number of nitrogens with one attached hydrogen (secondary N) is 3. The van der Waals surface area contributed by atoms with Crippen LogP contribution in [0, 0.1) is 41.5 Å². The Morgan fingerprint density at radius 1 is 0.500 bits per heavy atom. The Morgan fingerprint density at radius 3 is 1.54 bits per heavy atom. The van der Waals surface area contributed by atoms with Crippen molar-refractivity contribution >= 4 is 113 Å². The Bertz CT molecular complexity index is 5080. The van der Waals surface area contributed by atoms with Crippen LogP contribution in [0.3, 0.4) is 0 Å². The van der Waals surface area contributed by atoms with Crippen molar-refractivity contribution in [1.82, 2.24) is 0 Å². The predicted octanol–water partition coefficient (Wildman–Crippen LogP) is 11.2. The Balaban J connectivity index is 1.10. The first kappa shape index (κ1) is 57.8. The fourth-order valence-electron chi connectivity index (χ4n) is 10.5. The van der Waals surface area contributed by atoms with Gasteiger partial charge < -0.3 is 30.2 Å². The minimum absolute atomic E-state index is 0.0376. The van der Waals surface area contributed by atoms with Crippen molar-refractivity contribution in [3.05, 3.63) is 177 Å². The van der Waals surface area contributed by atoms with Crippen molar-refractivity contribution in [1.29, 1.82) is 0 Å². The molecule has 1 aliphatic carbocycles. The maximum atomic E-state index is 14.1. The molecule has 0 radical (unpaired) electrons. The summed E-state index contributed by atoms with van der Waals surface area (Å²) in [6, 6.07) is 28.1. The van der Waals surface area contributed by atoms with E-state index in [0.717, 1.165) is 24.3 Å². The molecule has 0 atom stereocenters. The largest absolute Gasteiger partial charge is 0.507 e. The van der Waals surface area contributed by atoms with Gasteiger partial charge in [0, 0.05) is 56.4 Å². The molecular formula is C59H48N4O17S4. The summed E-state index contributed by atoms with van der Waals surface area (Å²) < 4.78 is 143. The number of hydrogen-bond donors (Lipinski definition) is 9. The molecule has 430 valence electrons. The van der Waals surface area contributed by atoms with Gasteiger partial charge in [-0.15, -0.1) is 0 Å². The van der Waals surface area contributed by atoms with Crippen LogP contribution in [0.15, 0.2) is 156 Å². The number of nitrogens with zero attached hydrogens (tertiary/aromatic N) is 1. The molecule has 9 N–H and O–H groups in total. The summed E-state index contributed by atoms with van der Waals surface area (Å²) in [5, 5.41) is 43.6. The van der Waals surface area contributed by atoms with Crippen LogP contribution in [0.25, 0.3) is 55.0 Å². The standard InChI is InChI=1S/C59H48N4O17S4/c1-28-21-30(3)56(62-81(70,71)37-14-17-39-34(23-37)11-19-45(64)52(39)58(66)67)32(5)54(28)60-36-13-16-41-47(25-36)80-48-27-44(50(84(77,78)79)26-43(48)51(41)42-9-7-8-10-49(42)83(74,75)76)61-55-29(2)22-31(4)57(33(55)6)63-82(72,73)38-15-18-40-35(24-38)12-20-46(65)53(40)59(68)69/h7-27,60,62-65H,1-6H3,(H,66,67)(H,68,69)(H,74,75,76)(H,77,78,79)/b61-44+. The van der Waals surface area contributed by atoms with Gasteiger partial charge in [0.05, 0.1) is 32.2 Å². The fourth-order valence-corrected chi connectivity index (χ4v) is 14.3. The Labute approximate surface area is 479 Å². The first-order chi connectivity index (χ1) is 39.3. The van der Waals surface area contributed by atoms with E-state index >= 15 is 0 Å². The first-order valence-electron chi connectivity index (χ1n) is 25.0. The minimum Gasteiger partial charge on any atom is -0.507 e. The lowest BCUT2D eigenvalue weighted by atomic mass is 9.93. The average Bonchev–Trinajstić information content (AvgIpc) is 1.02. The number of aromatic carboxylic acids is 2. The molecule has 8 aromatic rings. The third-order valence-corrected chi connectivity index (χ3v) is 18.9. The monoisotopic (exact) mass is 1210 g/mol. The van der Waals surface area contributed by atoms with Crippen LogP contribution in [0.2, 0.25) is 0 Å². The van der Waals surface area contributed by atoms with Gasteiger partial charge in [0.1, 0.15) is 43.8 Å². The van der Waals surface area contributed by atoms with Crippen molar-refractivity contribution < 1.29 is 77.2 Å². The van der Waals surface area contributed by atoms with E-state index in [2.05, 4.69) is 14.8 Å². The number of carboxylic acid groups (broad SMARTS) is 2. The quantitative estimate of drug-likeness (QED) is 0.0361. The Morgan fingerprint density at radius 2 is 1.00 bits per heavy atom. The van der Waals surface area contributed by atoms with Gasteiger partial charge in [-0.05, 0) is 146 Å². The molecule has 10 rings (SSSR count). The predicted molar refractivity (Wildman–Crippen MR) is 314 cm³/mol. The summed E-state index contributed by atoms with van der Waals surface area (Å²) >= 11 is 0. The average molecular weight is 1210 g/mol. The lowest BCUT2D eigenvalue weighted by Gasteiger charge is -2.21. The van der Waals surface area contributed by atoms with Crippen molar-refractivity contribution in [2.24, 2.45) is 4.99 Å². The van der Waals surface area contributed by atoms with Crippen molar-refractivity contribution in [2.75, 3.05) is 14.8 Å². The lowest BCUT2D eigenvalue weighted by molar-refractivity contribution is 0.0684. The SMILES string of the molecule is Cc1cc(C)c(NS(=O)(=O)c2ccc3c(C(=O)O)c(O)ccc3c2)c(C)c1/N=c1\cc2oc3cc(Nc4c(C)cc(C)c(NS(=O)(=O)c5ccc6c(C(=O)O)c(O)ccc6c5)c4C)ccc3c(-c3ccccc3S(=O)(=O)O)c-2cc1S(=O)(=O)O. The maximum absolute atomic E-state index is 14.1. The molecule has 0 unspecified atom stereocenters. The smallest absolute Gasteiger partial charge is 0.340 e. The summed E-state index contributed by atoms with van der Waals surface area (Å²) in [5.74, 6) is -3.94. The molecule has 0 amide bonds. The van der Waals surface area contributed by atoms with Crippen LogP contribution in [0.1, 0.15) is 54.1 Å². The van der Waals surface area contributed by atoms with Crippen LogP contribution in [-0.4, -0.2) is 75.1 Å². The normalized spacial score (nSPS) is 12.5. The minimum atomic E-state index is -5.22. The van der Waals surface area contributed by atoms with Gasteiger partial charge in [-0.3, -0.25) is 18.5 Å². The zero-order chi connectivity index (χ0) is 60.9. The second-order valence-corrected chi connectivity index (χ2v) is 26.1. The third kappa shape index (κ3) is 10.5. The molecule has 0 saturated carbocycles. The fraction of sp³-hybridized carbons (Fsp3) is 0.102. The van der Waals surface area contributed by atoms with E-state index in [4.69, 9.17) is 9.41 Å². The molecule has 0 fully saturated rings. The summed E-state index contributed by atoms with van der Waals surface area (Å²) in [6.07, 6.45) is 0. The number of hydrogen-bond acceptors (Lipinski definition) is 15. The lowest BCUT2D eigenvalue weighted by Crippen LogP contribution is -2.17. The van der Waals surface area contributed by atoms with Gasteiger partial charge in [0.15, 0.2) is 0 Å². The highest BCUT2D eigenvalue weighted by molar-refractivity contribution is 7.93. The molecule has 1 heterocycles. The molecule has 0 aromatic heterocycles. The molecule has 0 spiro atoms. The Kier molecular flexibility index (Phi) is 14.3. The van der Waals surface area contributed by atoms with Crippen LogP contribution in [-0.2, 0) is 40.3 Å². The second kappa shape index (κ2) is 20.8. The van der Waals surface area contributed by atoms with Gasteiger partial charge in [-0.2, -0.15) is 16.8 Å². The number of aromatic hydroxyl groups is 2. The van der Waals surface area contributed by atoms with E-state index in [1.807, 2.05) is 0 Å². The number of carbonyl (C=O) groups is 2. The van der Waals surface area contributed by atoms with Crippen molar-refractivity contribution in [3.63, 3.8) is 0 Å². The number of anilines is 4. The molecule has 21 nitrogen and oxygen atoms in total. The summed E-state index contributed by atoms with van der Waals surface area (Å²) in [5.41, 5.74) is 2.96. The van der Waals surface area contributed by atoms with Gasteiger partial charge >= 0.3 is 11.9 Å². The zero-order valence-electron chi connectivity index (χ0n) is 44.9. The van der Waals surface area contributed by atoms with Crippen LogP contribution in [0.5, 0.6) is 11.5 Å². The van der Waals surface area contributed by atoms with E-state index in [0.29, 0.717) is 39.2 Å². The molecule has 0 bridgehead atoms. The number of rotatable bonds is 14. The maximum Gasteiger partial charge on any atom is 0.340 e. The highest BCUT2D eigenvalue weighted by atomic mass is 32.2. The van der Waals surface area contributed by atoms with E-state index in [1.165, 1.54) is 85.8 Å². The summed E-state index contributed by atoms with van der Waals surface area (Å²) in [4.78, 5) is 26.8. The molecule has 2 aliphatic rings. The van der Waals surface area contributed by atoms with Crippen LogP contribution in [0.4, 0.5) is 28.4 Å². The molecule has 8 aromatic carbocycles. The highest BCUT2D eigenvalue weighted by Crippen LogP contribution is 2.45. The van der Waals surface area contributed by atoms with Gasteiger partial charge in [-0.1, -0.05) is 54.6 Å². The number of sulfonamides is 2. The van der Waals surface area contributed by atoms with E-state index in [1.54, 1.807) is 58.9 Å². The van der Waals surface area contributed by atoms with Crippen LogP contribution >= 0.6 is 0 Å². The van der Waals surface area contributed by atoms with Gasteiger partial charge in [-0.25, -0.2) is 31.4 Å². The number of fused-ring (bicyclic) bond motifs is 4. The summed E-state index contributed by atoms with van der Waals surface area (Å²) in [6.45, 7) is 9.94.